The molecule has 0 radical (unpaired) electrons. The van der Waals surface area contributed by atoms with Crippen molar-refractivity contribution in [2.75, 3.05) is 6.61 Å². The Morgan fingerprint density at radius 1 is 1.54 bits per heavy atom. The first kappa shape index (κ1) is 8.84. The van der Waals surface area contributed by atoms with Crippen LogP contribution in [0.1, 0.15) is 12.8 Å². The molecule has 2 heterocycles. The zero-order valence-electron chi connectivity index (χ0n) is 7.18. The molecule has 3 nitrogen and oxygen atoms in total. The van der Waals surface area contributed by atoms with Crippen molar-refractivity contribution in [2.24, 2.45) is 0 Å². The van der Waals surface area contributed by atoms with Crippen LogP contribution in [0.2, 0.25) is 0 Å². The third kappa shape index (κ3) is 2.14. The monoisotopic (exact) mass is 197 g/mol. The van der Waals surface area contributed by atoms with Gasteiger partial charge in [-0.05, 0) is 30.7 Å². The molecular weight excluding hydrogens is 186 g/mol. The van der Waals surface area contributed by atoms with Crippen LogP contribution in [0.15, 0.2) is 29.4 Å². The third-order valence-electron chi connectivity index (χ3n) is 1.93. The summed E-state index contributed by atoms with van der Waals surface area (Å²) < 4.78 is 6.30. The highest BCUT2D eigenvalue weighted by atomic mass is 32.2. The maximum absolute atomic E-state index is 11.2. The summed E-state index contributed by atoms with van der Waals surface area (Å²) in [6, 6.07) is 5.41. The van der Waals surface area contributed by atoms with Crippen LogP contribution < -0.4 is 4.73 Å². The van der Waals surface area contributed by atoms with Crippen molar-refractivity contribution < 1.29 is 9.47 Å². The number of rotatable bonds is 2. The highest BCUT2D eigenvalue weighted by Gasteiger charge is 2.20. The van der Waals surface area contributed by atoms with Gasteiger partial charge in [-0.25, -0.2) is 0 Å². The van der Waals surface area contributed by atoms with Gasteiger partial charge in [0, 0.05) is 18.7 Å². The second kappa shape index (κ2) is 3.98. The van der Waals surface area contributed by atoms with E-state index < -0.39 is 0 Å². The lowest BCUT2D eigenvalue weighted by molar-refractivity contribution is -0.645. The quantitative estimate of drug-likeness (QED) is 0.533. The Hall–Kier alpha value is -0.740. The van der Waals surface area contributed by atoms with Gasteiger partial charge in [0.05, 0.1) is 0 Å². The number of nitrogens with zero attached hydrogens (tertiary/aromatic N) is 1. The molecule has 4 heteroatoms. The van der Waals surface area contributed by atoms with Gasteiger partial charge in [0.15, 0.2) is 6.20 Å². The molecule has 2 rings (SSSR count). The number of ether oxygens (including phenoxy) is 1. The molecule has 0 spiro atoms. The molecule has 70 valence electrons. The maximum Gasteiger partial charge on any atom is 0.253 e. The Morgan fingerprint density at radius 3 is 3.15 bits per heavy atom. The molecular formula is C9H11NO2S. The Kier molecular flexibility index (Phi) is 2.71. The first-order valence-corrected chi connectivity index (χ1v) is 5.21. The van der Waals surface area contributed by atoms with Crippen molar-refractivity contribution in [3.63, 3.8) is 0 Å². The molecule has 0 N–H and O–H groups in total. The topological polar surface area (TPSA) is 36.2 Å². The van der Waals surface area contributed by atoms with Crippen LogP contribution in [0.5, 0.6) is 0 Å². The number of aromatic nitrogens is 1. The van der Waals surface area contributed by atoms with E-state index in [4.69, 9.17) is 4.74 Å². The molecule has 1 fully saturated rings. The van der Waals surface area contributed by atoms with Crippen LogP contribution >= 0.6 is 11.8 Å². The molecule has 1 aromatic rings. The van der Waals surface area contributed by atoms with E-state index >= 15 is 0 Å². The zero-order valence-corrected chi connectivity index (χ0v) is 8.00. The molecule has 0 bridgehead atoms. The summed E-state index contributed by atoms with van der Waals surface area (Å²) in [6.07, 6.45) is 3.65. The fourth-order valence-electron chi connectivity index (χ4n) is 1.28. The minimum Gasteiger partial charge on any atom is -0.618 e. The maximum atomic E-state index is 11.2. The first-order chi connectivity index (χ1) is 6.36. The highest BCUT2D eigenvalue weighted by Crippen LogP contribution is 2.28. The largest absolute Gasteiger partial charge is 0.618 e. The van der Waals surface area contributed by atoms with Gasteiger partial charge in [0.2, 0.25) is 0 Å². The molecule has 1 saturated heterocycles. The van der Waals surface area contributed by atoms with E-state index in [1.807, 2.05) is 12.1 Å². The van der Waals surface area contributed by atoms with Crippen molar-refractivity contribution in [1.29, 1.82) is 0 Å². The van der Waals surface area contributed by atoms with Crippen molar-refractivity contribution in [1.82, 2.24) is 0 Å². The number of hydrogen-bond donors (Lipinski definition) is 0. The van der Waals surface area contributed by atoms with Gasteiger partial charge in [-0.2, -0.15) is 4.73 Å². The Morgan fingerprint density at radius 2 is 2.46 bits per heavy atom. The van der Waals surface area contributed by atoms with E-state index in [1.54, 1.807) is 6.07 Å². The van der Waals surface area contributed by atoms with Crippen LogP contribution in [0.25, 0.3) is 0 Å². The molecule has 0 aromatic carbocycles. The van der Waals surface area contributed by atoms with Gasteiger partial charge in [0.1, 0.15) is 5.44 Å². The van der Waals surface area contributed by atoms with Gasteiger partial charge in [-0.3, -0.25) is 0 Å². The second-order valence-electron chi connectivity index (χ2n) is 2.93. The molecule has 0 amide bonds. The summed E-state index contributed by atoms with van der Waals surface area (Å²) in [4.78, 5) is 0. The number of thioether (sulfide) groups is 1. The van der Waals surface area contributed by atoms with Gasteiger partial charge in [-0.1, -0.05) is 0 Å². The summed E-state index contributed by atoms with van der Waals surface area (Å²) in [5.74, 6) is 0. The Balaban J connectivity index is 2.04. The van der Waals surface area contributed by atoms with Crippen LogP contribution in [0, 0.1) is 5.21 Å². The van der Waals surface area contributed by atoms with Gasteiger partial charge >= 0.3 is 0 Å². The molecule has 0 saturated carbocycles. The zero-order chi connectivity index (χ0) is 9.10. The first-order valence-electron chi connectivity index (χ1n) is 4.33. The minimum absolute atomic E-state index is 0.169. The van der Waals surface area contributed by atoms with Gasteiger partial charge < -0.3 is 9.94 Å². The average molecular weight is 197 g/mol. The molecule has 1 unspecified atom stereocenters. The van der Waals surface area contributed by atoms with Gasteiger partial charge in [-0.15, -0.1) is 0 Å². The smallest absolute Gasteiger partial charge is 0.253 e. The lowest BCUT2D eigenvalue weighted by Gasteiger charge is -2.07. The average Bonchev–Trinajstić information content (AvgIpc) is 2.61. The third-order valence-corrected chi connectivity index (χ3v) is 3.12. The van der Waals surface area contributed by atoms with Crippen LogP contribution in [-0.4, -0.2) is 12.0 Å². The van der Waals surface area contributed by atoms with Crippen molar-refractivity contribution >= 4 is 11.8 Å². The standard InChI is InChI=1S/C9H11NO2S/c11-10-6-2-1-4-8(10)13-9-5-3-7-12-9/h1-2,4,6,9H,3,5,7H2. The second-order valence-corrected chi connectivity index (χ2v) is 4.10. The molecule has 13 heavy (non-hydrogen) atoms. The van der Waals surface area contributed by atoms with E-state index in [0.29, 0.717) is 0 Å². The summed E-state index contributed by atoms with van der Waals surface area (Å²) in [5.41, 5.74) is 0.169. The normalized spacial score (nSPS) is 22.0. The van der Waals surface area contributed by atoms with E-state index in [0.717, 1.165) is 29.2 Å². The minimum atomic E-state index is 0.169. The Bertz CT molecular complexity index is 287. The summed E-state index contributed by atoms with van der Waals surface area (Å²) in [6.45, 7) is 0.823. The Labute approximate surface area is 81.3 Å². The molecule has 1 aliphatic heterocycles. The van der Waals surface area contributed by atoms with E-state index in [-0.39, 0.29) is 5.44 Å². The predicted octanol–water partition coefficient (Wildman–Crippen LogP) is 1.55. The fourth-order valence-corrected chi connectivity index (χ4v) is 2.32. The van der Waals surface area contributed by atoms with Crippen molar-refractivity contribution in [3.8, 4) is 0 Å². The van der Waals surface area contributed by atoms with Crippen molar-refractivity contribution in [3.05, 3.63) is 29.6 Å². The SMILES string of the molecule is [O-][n+]1ccccc1SC1CCCO1. The summed E-state index contributed by atoms with van der Waals surface area (Å²) in [7, 11) is 0. The van der Waals surface area contributed by atoms with Crippen LogP contribution in [-0.2, 0) is 4.74 Å². The van der Waals surface area contributed by atoms with E-state index in [1.165, 1.54) is 18.0 Å². The lowest BCUT2D eigenvalue weighted by atomic mass is 10.4. The fraction of sp³-hybridized carbons (Fsp3) is 0.444. The highest BCUT2D eigenvalue weighted by molar-refractivity contribution is 7.99. The van der Waals surface area contributed by atoms with Crippen LogP contribution in [0.4, 0.5) is 0 Å². The van der Waals surface area contributed by atoms with Crippen molar-refractivity contribution in [2.45, 2.75) is 23.3 Å². The van der Waals surface area contributed by atoms with Crippen LogP contribution in [0.3, 0.4) is 0 Å². The summed E-state index contributed by atoms with van der Waals surface area (Å²) >= 11 is 1.51. The summed E-state index contributed by atoms with van der Waals surface area (Å²) in [5, 5.41) is 12.0. The predicted molar refractivity (Wildman–Crippen MR) is 50.2 cm³/mol. The lowest BCUT2D eigenvalue weighted by Crippen LogP contribution is -2.28. The van der Waals surface area contributed by atoms with E-state index in [9.17, 15) is 5.21 Å². The van der Waals surface area contributed by atoms with Gasteiger partial charge in [0.25, 0.3) is 5.03 Å². The molecule has 1 aliphatic rings. The van der Waals surface area contributed by atoms with E-state index in [2.05, 4.69) is 0 Å². The molecule has 1 aromatic heterocycles. The molecule has 1 atom stereocenters. The molecule has 0 aliphatic carbocycles. The number of hydrogen-bond acceptors (Lipinski definition) is 3. The number of pyridine rings is 1.